The van der Waals surface area contributed by atoms with E-state index in [1.54, 1.807) is 30.3 Å². The van der Waals surface area contributed by atoms with Gasteiger partial charge in [-0.3, -0.25) is 19.3 Å². The number of amides is 1. The first kappa shape index (κ1) is 20.3. The first-order valence-corrected chi connectivity index (χ1v) is 10.6. The summed E-state index contributed by atoms with van der Waals surface area (Å²) in [7, 11) is 0. The number of anilines is 1. The van der Waals surface area contributed by atoms with E-state index >= 15 is 0 Å². The van der Waals surface area contributed by atoms with Gasteiger partial charge in [0.2, 0.25) is 5.76 Å². The number of Topliss-reactive ketones (excluding diaryl/α,β-unsaturated/α-hetero) is 1. The zero-order valence-corrected chi connectivity index (χ0v) is 18.4. The quantitative estimate of drug-likeness (QED) is 0.347. The van der Waals surface area contributed by atoms with Crippen LogP contribution in [0.25, 0.3) is 11.0 Å². The lowest BCUT2D eigenvalue weighted by Crippen LogP contribution is -2.29. The second-order valence-electron chi connectivity index (χ2n) is 7.55. The predicted molar refractivity (Wildman–Crippen MR) is 122 cm³/mol. The summed E-state index contributed by atoms with van der Waals surface area (Å²) in [5.74, 6) is -1.22. The van der Waals surface area contributed by atoms with E-state index in [0.29, 0.717) is 16.8 Å². The van der Waals surface area contributed by atoms with E-state index in [1.165, 1.54) is 24.0 Å². The topological polar surface area (TPSA) is 67.6 Å². The maximum atomic E-state index is 13.9. The minimum Gasteiger partial charge on any atom is -0.450 e. The molecule has 0 saturated carbocycles. The molecule has 1 aliphatic rings. The first-order chi connectivity index (χ1) is 15.3. The Bertz CT molecular complexity index is 1480. The molecule has 32 heavy (non-hydrogen) atoms. The maximum absolute atomic E-state index is 13.9. The molecule has 0 spiro atoms. The average Bonchev–Trinajstić information content (AvgIpc) is 3.07. The minimum atomic E-state index is -0.776. The summed E-state index contributed by atoms with van der Waals surface area (Å²) in [4.78, 5) is 40.1. The van der Waals surface area contributed by atoms with E-state index in [2.05, 4.69) is 15.9 Å². The van der Waals surface area contributed by atoms with E-state index in [1.807, 2.05) is 18.2 Å². The van der Waals surface area contributed by atoms with E-state index in [0.717, 1.165) is 10.5 Å². The van der Waals surface area contributed by atoms with Crippen molar-refractivity contribution in [3.63, 3.8) is 0 Å². The van der Waals surface area contributed by atoms with Crippen molar-refractivity contribution in [2.45, 2.75) is 13.0 Å². The molecule has 0 saturated heterocycles. The van der Waals surface area contributed by atoms with Crippen LogP contribution in [0.15, 0.2) is 80.4 Å². The van der Waals surface area contributed by atoms with Crippen LogP contribution in [0.4, 0.5) is 10.1 Å². The number of carbonyl (C=O) groups is 2. The first-order valence-electron chi connectivity index (χ1n) is 9.81. The SMILES string of the molecule is CC(=O)c1ccc(N2C(=O)c3oc4ccc(F)cc4c(=O)c3C2c2cccc(Br)c2)cc1. The van der Waals surface area contributed by atoms with Gasteiger partial charge in [0.15, 0.2) is 11.2 Å². The summed E-state index contributed by atoms with van der Waals surface area (Å²) in [6.45, 7) is 1.46. The molecular weight excluding hydrogens is 477 g/mol. The third-order valence-electron chi connectivity index (χ3n) is 5.55. The van der Waals surface area contributed by atoms with Crippen molar-refractivity contribution in [2.24, 2.45) is 0 Å². The Morgan fingerprint density at radius 2 is 1.78 bits per heavy atom. The van der Waals surface area contributed by atoms with Crippen molar-refractivity contribution >= 4 is 44.3 Å². The van der Waals surface area contributed by atoms with Crippen LogP contribution in [0.1, 0.15) is 45.0 Å². The zero-order valence-electron chi connectivity index (χ0n) is 16.8. The van der Waals surface area contributed by atoms with Crippen LogP contribution in [0.2, 0.25) is 0 Å². The van der Waals surface area contributed by atoms with Crippen molar-refractivity contribution in [1.29, 1.82) is 0 Å². The van der Waals surface area contributed by atoms with Gasteiger partial charge in [-0.2, -0.15) is 0 Å². The second kappa shape index (κ2) is 7.53. The summed E-state index contributed by atoms with van der Waals surface area (Å²) >= 11 is 3.44. The highest BCUT2D eigenvalue weighted by Gasteiger charge is 2.43. The van der Waals surface area contributed by atoms with Crippen LogP contribution in [0, 0.1) is 5.82 Å². The van der Waals surface area contributed by atoms with Crippen LogP contribution < -0.4 is 10.3 Å². The summed E-state index contributed by atoms with van der Waals surface area (Å²) < 4.78 is 20.5. The number of rotatable bonds is 3. The number of hydrogen-bond acceptors (Lipinski definition) is 4. The molecule has 7 heteroatoms. The predicted octanol–water partition coefficient (Wildman–Crippen LogP) is 5.65. The molecule has 1 aliphatic heterocycles. The number of hydrogen-bond donors (Lipinski definition) is 0. The van der Waals surface area contributed by atoms with Crippen LogP contribution in [0.5, 0.6) is 0 Å². The minimum absolute atomic E-state index is 0.0743. The Hall–Kier alpha value is -3.58. The van der Waals surface area contributed by atoms with Gasteiger partial charge in [-0.15, -0.1) is 0 Å². The van der Waals surface area contributed by atoms with Gasteiger partial charge < -0.3 is 4.42 Å². The largest absolute Gasteiger partial charge is 0.450 e. The fourth-order valence-electron chi connectivity index (χ4n) is 4.06. The van der Waals surface area contributed by atoms with Crippen molar-refractivity contribution in [1.82, 2.24) is 0 Å². The molecule has 2 heterocycles. The Kier molecular flexibility index (Phi) is 4.78. The molecule has 4 aromatic rings. The summed E-state index contributed by atoms with van der Waals surface area (Å²) in [6.07, 6.45) is 0. The van der Waals surface area contributed by atoms with Gasteiger partial charge in [-0.25, -0.2) is 4.39 Å². The number of fused-ring (bicyclic) bond motifs is 2. The third kappa shape index (κ3) is 3.17. The van der Waals surface area contributed by atoms with Crippen molar-refractivity contribution in [3.8, 4) is 0 Å². The van der Waals surface area contributed by atoms with Gasteiger partial charge in [0.25, 0.3) is 5.91 Å². The van der Waals surface area contributed by atoms with Gasteiger partial charge in [0.1, 0.15) is 11.4 Å². The lowest BCUT2D eigenvalue weighted by Gasteiger charge is -2.25. The van der Waals surface area contributed by atoms with E-state index in [9.17, 15) is 18.8 Å². The van der Waals surface area contributed by atoms with Crippen molar-refractivity contribution in [3.05, 3.63) is 110 Å². The highest BCUT2D eigenvalue weighted by atomic mass is 79.9. The summed E-state index contributed by atoms with van der Waals surface area (Å²) in [5, 5.41) is 0.0744. The normalized spacial score (nSPS) is 15.3. The second-order valence-corrected chi connectivity index (χ2v) is 8.47. The summed E-state index contributed by atoms with van der Waals surface area (Å²) in [6, 6.07) is 16.7. The number of benzene rings is 3. The van der Waals surface area contributed by atoms with Crippen molar-refractivity contribution in [2.75, 3.05) is 4.90 Å². The van der Waals surface area contributed by atoms with E-state index in [4.69, 9.17) is 4.42 Å². The maximum Gasteiger partial charge on any atom is 0.295 e. The third-order valence-corrected chi connectivity index (χ3v) is 6.04. The molecule has 0 N–H and O–H groups in total. The molecule has 0 aliphatic carbocycles. The van der Waals surface area contributed by atoms with E-state index in [-0.39, 0.29) is 28.1 Å². The van der Waals surface area contributed by atoms with Gasteiger partial charge >= 0.3 is 0 Å². The molecule has 0 radical (unpaired) electrons. The fourth-order valence-corrected chi connectivity index (χ4v) is 4.48. The molecule has 1 atom stereocenters. The van der Waals surface area contributed by atoms with Gasteiger partial charge in [-0.1, -0.05) is 28.1 Å². The highest BCUT2D eigenvalue weighted by Crippen LogP contribution is 2.41. The lowest BCUT2D eigenvalue weighted by atomic mass is 9.98. The highest BCUT2D eigenvalue weighted by molar-refractivity contribution is 9.10. The Labute approximate surface area is 190 Å². The van der Waals surface area contributed by atoms with E-state index < -0.39 is 23.2 Å². The molecule has 1 unspecified atom stereocenters. The van der Waals surface area contributed by atoms with Gasteiger partial charge in [0, 0.05) is 15.7 Å². The van der Waals surface area contributed by atoms with Crippen LogP contribution >= 0.6 is 15.9 Å². The number of halogens is 2. The molecule has 1 aromatic heterocycles. The molecule has 1 amide bonds. The number of carbonyl (C=O) groups excluding carboxylic acids is 2. The Morgan fingerprint density at radius 1 is 1.03 bits per heavy atom. The number of ketones is 1. The zero-order chi connectivity index (χ0) is 22.6. The molecule has 3 aromatic carbocycles. The molecular formula is C25H15BrFNO4. The smallest absolute Gasteiger partial charge is 0.295 e. The molecule has 5 rings (SSSR count). The van der Waals surface area contributed by atoms with Gasteiger partial charge in [0.05, 0.1) is 17.0 Å². The molecule has 0 bridgehead atoms. The average molecular weight is 492 g/mol. The summed E-state index contributed by atoms with van der Waals surface area (Å²) in [5.41, 5.74) is 1.54. The molecule has 0 fully saturated rings. The monoisotopic (exact) mass is 491 g/mol. The van der Waals surface area contributed by atoms with Crippen LogP contribution in [-0.4, -0.2) is 11.7 Å². The Morgan fingerprint density at radius 3 is 2.47 bits per heavy atom. The number of nitrogens with zero attached hydrogens (tertiary/aromatic N) is 1. The molecule has 158 valence electrons. The Balaban J connectivity index is 1.79. The fraction of sp³-hybridized carbons (Fsp3) is 0.0800. The standard InChI is InChI=1S/C25H15BrFNO4/c1-13(29)14-5-8-18(9-6-14)28-22(15-3-2-4-16(26)11-15)21-23(30)19-12-17(27)7-10-20(19)32-24(21)25(28)31/h2-12,22H,1H3. The van der Waals surface area contributed by atoms with Crippen molar-refractivity contribution < 1.29 is 18.4 Å². The van der Waals surface area contributed by atoms with Crippen LogP contribution in [-0.2, 0) is 0 Å². The lowest BCUT2D eigenvalue weighted by molar-refractivity contribution is 0.0970. The molecule has 5 nitrogen and oxygen atoms in total. The van der Waals surface area contributed by atoms with Gasteiger partial charge in [-0.05, 0) is 67.1 Å². The van der Waals surface area contributed by atoms with Crippen LogP contribution in [0.3, 0.4) is 0 Å².